The first-order valence-electron chi connectivity index (χ1n) is 5.27. The maximum Gasteiger partial charge on any atom is 0.263 e. The zero-order valence-electron chi connectivity index (χ0n) is 9.84. The third-order valence-corrected chi connectivity index (χ3v) is 3.70. The van der Waals surface area contributed by atoms with E-state index in [4.69, 9.17) is 5.26 Å². The SMILES string of the molecule is N#Cc1ccc(S(=O)(=O)Nc2c(F)cccc2F)cn1. The number of para-hydroxylation sites is 1. The molecule has 0 atom stereocenters. The summed E-state index contributed by atoms with van der Waals surface area (Å²) in [7, 11) is -4.19. The van der Waals surface area contributed by atoms with Crippen molar-refractivity contribution >= 4 is 15.7 Å². The van der Waals surface area contributed by atoms with E-state index >= 15 is 0 Å². The van der Waals surface area contributed by atoms with Crippen molar-refractivity contribution in [2.24, 2.45) is 0 Å². The summed E-state index contributed by atoms with van der Waals surface area (Å²) in [4.78, 5) is 3.28. The minimum atomic E-state index is -4.19. The van der Waals surface area contributed by atoms with Gasteiger partial charge in [-0.25, -0.2) is 22.2 Å². The predicted octanol–water partition coefficient (Wildman–Crippen LogP) is 2.03. The third-order valence-electron chi connectivity index (χ3n) is 2.36. The monoisotopic (exact) mass is 295 g/mol. The Kier molecular flexibility index (Phi) is 3.63. The van der Waals surface area contributed by atoms with Gasteiger partial charge >= 0.3 is 0 Å². The first-order chi connectivity index (χ1) is 9.44. The number of halogens is 2. The van der Waals surface area contributed by atoms with Crippen LogP contribution in [-0.4, -0.2) is 13.4 Å². The molecular weight excluding hydrogens is 288 g/mol. The summed E-state index contributed by atoms with van der Waals surface area (Å²) in [6.45, 7) is 0. The van der Waals surface area contributed by atoms with E-state index < -0.39 is 27.3 Å². The molecule has 2 aromatic rings. The predicted molar refractivity (Wildman–Crippen MR) is 66.1 cm³/mol. The molecule has 5 nitrogen and oxygen atoms in total. The number of nitrogens with one attached hydrogen (secondary N) is 1. The number of hydrogen-bond acceptors (Lipinski definition) is 4. The summed E-state index contributed by atoms with van der Waals surface area (Å²) in [5.41, 5.74) is -0.738. The lowest BCUT2D eigenvalue weighted by Crippen LogP contribution is -2.15. The van der Waals surface area contributed by atoms with E-state index in [0.717, 1.165) is 30.5 Å². The van der Waals surface area contributed by atoms with Crippen molar-refractivity contribution < 1.29 is 17.2 Å². The van der Waals surface area contributed by atoms with Gasteiger partial charge in [-0.15, -0.1) is 0 Å². The fourth-order valence-corrected chi connectivity index (χ4v) is 2.41. The van der Waals surface area contributed by atoms with Crippen LogP contribution in [0, 0.1) is 23.0 Å². The first kappa shape index (κ1) is 13.9. The van der Waals surface area contributed by atoms with Crippen LogP contribution in [0.2, 0.25) is 0 Å². The van der Waals surface area contributed by atoms with Gasteiger partial charge in [-0.2, -0.15) is 5.26 Å². The Labute approximate surface area is 113 Å². The Bertz CT molecular complexity index is 763. The van der Waals surface area contributed by atoms with Crippen molar-refractivity contribution in [3.63, 3.8) is 0 Å². The maximum atomic E-state index is 13.4. The Morgan fingerprint density at radius 3 is 2.30 bits per heavy atom. The van der Waals surface area contributed by atoms with Crippen LogP contribution in [0.1, 0.15) is 5.69 Å². The highest BCUT2D eigenvalue weighted by Gasteiger charge is 2.19. The summed E-state index contributed by atoms with van der Waals surface area (Å²) in [5, 5.41) is 8.56. The number of anilines is 1. The molecule has 0 aliphatic carbocycles. The lowest BCUT2D eigenvalue weighted by Gasteiger charge is -2.09. The lowest BCUT2D eigenvalue weighted by molar-refractivity contribution is 0.582. The van der Waals surface area contributed by atoms with E-state index in [0.29, 0.717) is 0 Å². The van der Waals surface area contributed by atoms with Crippen LogP contribution in [0.3, 0.4) is 0 Å². The molecule has 8 heteroatoms. The summed E-state index contributed by atoms with van der Waals surface area (Å²) >= 11 is 0. The van der Waals surface area contributed by atoms with Gasteiger partial charge in [0.2, 0.25) is 0 Å². The van der Waals surface area contributed by atoms with Crippen molar-refractivity contribution in [1.82, 2.24) is 4.98 Å². The Balaban J connectivity index is 2.38. The van der Waals surface area contributed by atoms with Crippen LogP contribution in [-0.2, 0) is 10.0 Å². The molecule has 20 heavy (non-hydrogen) atoms. The second-order valence-electron chi connectivity index (χ2n) is 3.69. The summed E-state index contributed by atoms with van der Waals surface area (Å²) in [6, 6.07) is 7.01. The van der Waals surface area contributed by atoms with E-state index in [9.17, 15) is 17.2 Å². The fraction of sp³-hybridized carbons (Fsp3) is 0. The molecule has 102 valence electrons. The van der Waals surface area contributed by atoms with E-state index in [2.05, 4.69) is 4.98 Å². The third kappa shape index (κ3) is 2.73. The van der Waals surface area contributed by atoms with Crippen LogP contribution in [0.25, 0.3) is 0 Å². The quantitative estimate of drug-likeness (QED) is 0.939. The number of nitrogens with zero attached hydrogens (tertiary/aromatic N) is 2. The van der Waals surface area contributed by atoms with Gasteiger partial charge in [0.05, 0.1) is 0 Å². The van der Waals surface area contributed by atoms with E-state index in [1.807, 2.05) is 4.72 Å². The molecule has 0 saturated carbocycles. The Hall–Kier alpha value is -2.53. The average Bonchev–Trinajstić information content (AvgIpc) is 2.43. The molecule has 0 aliphatic rings. The Morgan fingerprint density at radius 2 is 1.80 bits per heavy atom. The van der Waals surface area contributed by atoms with Gasteiger partial charge in [-0.3, -0.25) is 4.72 Å². The molecule has 0 aliphatic heterocycles. The molecule has 2 rings (SSSR count). The van der Waals surface area contributed by atoms with E-state index in [1.165, 1.54) is 6.07 Å². The van der Waals surface area contributed by atoms with Crippen LogP contribution in [0.5, 0.6) is 0 Å². The van der Waals surface area contributed by atoms with Crippen molar-refractivity contribution in [2.75, 3.05) is 4.72 Å². The molecule has 0 amide bonds. The molecule has 1 aromatic carbocycles. The molecule has 0 fully saturated rings. The van der Waals surface area contributed by atoms with Crippen molar-refractivity contribution in [3.05, 3.63) is 53.9 Å². The number of benzene rings is 1. The second kappa shape index (κ2) is 5.22. The van der Waals surface area contributed by atoms with Gasteiger partial charge in [0, 0.05) is 6.20 Å². The molecule has 0 radical (unpaired) electrons. The topological polar surface area (TPSA) is 82.8 Å². The molecule has 0 unspecified atom stereocenters. The zero-order chi connectivity index (χ0) is 14.8. The minimum absolute atomic E-state index is 0.0287. The zero-order valence-corrected chi connectivity index (χ0v) is 10.7. The second-order valence-corrected chi connectivity index (χ2v) is 5.38. The molecule has 0 saturated heterocycles. The molecule has 0 bridgehead atoms. The van der Waals surface area contributed by atoms with Gasteiger partial charge in [0.25, 0.3) is 10.0 Å². The van der Waals surface area contributed by atoms with Crippen LogP contribution >= 0.6 is 0 Å². The fourth-order valence-electron chi connectivity index (χ4n) is 1.39. The largest absolute Gasteiger partial charge is 0.274 e. The van der Waals surface area contributed by atoms with E-state index in [-0.39, 0.29) is 10.6 Å². The highest BCUT2D eigenvalue weighted by molar-refractivity contribution is 7.92. The summed E-state index contributed by atoms with van der Waals surface area (Å²) in [5.74, 6) is -2.06. The van der Waals surface area contributed by atoms with Gasteiger partial charge in [0.1, 0.15) is 34.0 Å². The molecule has 1 aromatic heterocycles. The van der Waals surface area contributed by atoms with Crippen molar-refractivity contribution in [3.8, 4) is 6.07 Å². The van der Waals surface area contributed by atoms with E-state index in [1.54, 1.807) is 6.07 Å². The van der Waals surface area contributed by atoms with Crippen LogP contribution in [0.15, 0.2) is 41.4 Å². The van der Waals surface area contributed by atoms with Gasteiger partial charge in [0.15, 0.2) is 0 Å². The smallest absolute Gasteiger partial charge is 0.263 e. The number of pyridine rings is 1. The number of hydrogen-bond donors (Lipinski definition) is 1. The van der Waals surface area contributed by atoms with Crippen LogP contribution < -0.4 is 4.72 Å². The number of rotatable bonds is 3. The molecule has 0 spiro atoms. The van der Waals surface area contributed by atoms with Gasteiger partial charge in [-0.05, 0) is 24.3 Å². The Morgan fingerprint density at radius 1 is 1.15 bits per heavy atom. The number of aromatic nitrogens is 1. The summed E-state index contributed by atoms with van der Waals surface area (Å²) in [6.07, 6.45) is 0.930. The van der Waals surface area contributed by atoms with Crippen molar-refractivity contribution in [1.29, 1.82) is 5.26 Å². The number of nitriles is 1. The average molecular weight is 295 g/mol. The molecule has 1 N–H and O–H groups in total. The molecular formula is C12H7F2N3O2S. The standard InChI is InChI=1S/C12H7F2N3O2S/c13-10-2-1-3-11(14)12(10)17-20(18,19)9-5-4-8(6-15)16-7-9/h1-5,7,17H. The van der Waals surface area contributed by atoms with Gasteiger partial charge < -0.3 is 0 Å². The normalized spacial score (nSPS) is 10.8. The number of sulfonamides is 1. The lowest BCUT2D eigenvalue weighted by atomic mass is 10.3. The summed E-state index contributed by atoms with van der Waals surface area (Å²) < 4.78 is 52.5. The highest BCUT2D eigenvalue weighted by Crippen LogP contribution is 2.21. The highest BCUT2D eigenvalue weighted by atomic mass is 32.2. The van der Waals surface area contributed by atoms with Gasteiger partial charge in [-0.1, -0.05) is 6.07 Å². The molecule has 1 heterocycles. The van der Waals surface area contributed by atoms with Crippen molar-refractivity contribution in [2.45, 2.75) is 4.90 Å². The van der Waals surface area contributed by atoms with Crippen LogP contribution in [0.4, 0.5) is 14.5 Å². The first-order valence-corrected chi connectivity index (χ1v) is 6.75. The minimum Gasteiger partial charge on any atom is -0.274 e. The maximum absolute atomic E-state index is 13.4.